The molecule has 0 aliphatic heterocycles. The van der Waals surface area contributed by atoms with Gasteiger partial charge in [-0.1, -0.05) is 0 Å². The highest BCUT2D eigenvalue weighted by Gasteiger charge is 2.15. The van der Waals surface area contributed by atoms with Crippen molar-refractivity contribution in [2.45, 2.75) is 6.92 Å². The minimum Gasteiger partial charge on any atom is -0.497 e. The number of aryl methyl sites for hydroxylation is 1. The minimum absolute atomic E-state index is 0.0550. The molecule has 0 unspecified atom stereocenters. The Morgan fingerprint density at radius 1 is 1.35 bits per heavy atom. The average Bonchev–Trinajstić information content (AvgIpc) is 2.79. The van der Waals surface area contributed by atoms with Gasteiger partial charge in [-0.05, 0) is 19.1 Å². The fourth-order valence-electron chi connectivity index (χ4n) is 1.68. The summed E-state index contributed by atoms with van der Waals surface area (Å²) in [7, 11) is 3.13. The minimum atomic E-state index is -1.04. The Bertz CT molecular complexity index is 639. The molecule has 0 atom stereocenters. The van der Waals surface area contributed by atoms with Crippen LogP contribution in [0.5, 0.6) is 11.5 Å². The van der Waals surface area contributed by atoms with Crippen molar-refractivity contribution in [3.8, 4) is 11.5 Å². The van der Waals surface area contributed by atoms with Crippen molar-refractivity contribution in [2.24, 2.45) is 0 Å². The van der Waals surface area contributed by atoms with Gasteiger partial charge in [-0.3, -0.25) is 0 Å². The maximum atomic E-state index is 11.0. The molecule has 0 radical (unpaired) electrons. The summed E-state index contributed by atoms with van der Waals surface area (Å²) in [6.07, 6.45) is 0. The van der Waals surface area contributed by atoms with Crippen molar-refractivity contribution in [2.75, 3.05) is 19.5 Å². The Labute approximate surface area is 120 Å². The van der Waals surface area contributed by atoms with E-state index in [0.29, 0.717) is 27.2 Å². The zero-order valence-corrected chi connectivity index (χ0v) is 12.1. The molecule has 0 fully saturated rings. The number of thiazole rings is 1. The maximum Gasteiger partial charge on any atom is 0.355 e. The summed E-state index contributed by atoms with van der Waals surface area (Å²) in [5, 5.41) is 12.5. The van der Waals surface area contributed by atoms with E-state index in [9.17, 15) is 4.79 Å². The number of nitrogens with zero attached hydrogens (tertiary/aromatic N) is 1. The molecule has 106 valence electrons. The number of anilines is 2. The first kappa shape index (κ1) is 14.1. The van der Waals surface area contributed by atoms with Crippen LogP contribution in [0.25, 0.3) is 0 Å². The van der Waals surface area contributed by atoms with E-state index in [1.54, 1.807) is 39.3 Å². The number of aromatic carboxylic acids is 1. The van der Waals surface area contributed by atoms with Crippen LogP contribution in [0.4, 0.5) is 10.8 Å². The molecule has 1 aromatic heterocycles. The fourth-order valence-corrected chi connectivity index (χ4v) is 2.49. The van der Waals surface area contributed by atoms with Gasteiger partial charge in [-0.2, -0.15) is 0 Å². The predicted molar refractivity (Wildman–Crippen MR) is 76.6 cm³/mol. The molecular weight excluding hydrogens is 280 g/mol. The van der Waals surface area contributed by atoms with Gasteiger partial charge in [0.25, 0.3) is 0 Å². The van der Waals surface area contributed by atoms with E-state index in [0.717, 1.165) is 0 Å². The fraction of sp³-hybridized carbons (Fsp3) is 0.231. The normalized spacial score (nSPS) is 10.2. The SMILES string of the molecule is COc1ccc(OC)c(Nc2nc(C(=O)O)c(C)s2)c1. The molecule has 7 heteroatoms. The van der Waals surface area contributed by atoms with Crippen molar-refractivity contribution in [3.63, 3.8) is 0 Å². The summed E-state index contributed by atoms with van der Waals surface area (Å²) in [6.45, 7) is 1.72. The number of carboxylic acid groups (broad SMARTS) is 1. The molecule has 2 rings (SSSR count). The van der Waals surface area contributed by atoms with Gasteiger partial charge in [0.15, 0.2) is 10.8 Å². The molecule has 0 saturated heterocycles. The van der Waals surface area contributed by atoms with Gasteiger partial charge >= 0.3 is 5.97 Å². The molecular formula is C13H14N2O4S. The molecule has 0 bridgehead atoms. The average molecular weight is 294 g/mol. The quantitative estimate of drug-likeness (QED) is 0.882. The molecule has 1 heterocycles. The van der Waals surface area contributed by atoms with Gasteiger partial charge in [-0.15, -0.1) is 11.3 Å². The molecule has 0 saturated carbocycles. The molecule has 0 spiro atoms. The highest BCUT2D eigenvalue weighted by atomic mass is 32.1. The molecule has 1 aromatic carbocycles. The van der Waals surface area contributed by atoms with Crippen LogP contribution in [-0.2, 0) is 0 Å². The van der Waals surface area contributed by atoms with Gasteiger partial charge in [0.1, 0.15) is 11.5 Å². The zero-order valence-electron chi connectivity index (χ0n) is 11.3. The van der Waals surface area contributed by atoms with Crippen LogP contribution < -0.4 is 14.8 Å². The van der Waals surface area contributed by atoms with Gasteiger partial charge in [0, 0.05) is 10.9 Å². The van der Waals surface area contributed by atoms with Crippen molar-refractivity contribution < 1.29 is 19.4 Å². The number of aromatic nitrogens is 1. The van der Waals surface area contributed by atoms with Crippen LogP contribution in [-0.4, -0.2) is 30.3 Å². The van der Waals surface area contributed by atoms with E-state index in [1.807, 2.05) is 0 Å². The standard InChI is InChI=1S/C13H14N2O4S/c1-7-11(12(16)17)15-13(20-7)14-9-6-8(18-2)4-5-10(9)19-3/h4-6H,1-3H3,(H,14,15)(H,16,17). The number of ether oxygens (including phenoxy) is 2. The Morgan fingerprint density at radius 3 is 2.65 bits per heavy atom. The second kappa shape index (κ2) is 5.79. The van der Waals surface area contributed by atoms with Crippen LogP contribution in [0, 0.1) is 6.92 Å². The van der Waals surface area contributed by atoms with Crippen molar-refractivity contribution >= 4 is 28.1 Å². The van der Waals surface area contributed by atoms with Crippen molar-refractivity contribution in [3.05, 3.63) is 28.8 Å². The number of carboxylic acids is 1. The van der Waals surface area contributed by atoms with Gasteiger partial charge in [-0.25, -0.2) is 9.78 Å². The lowest BCUT2D eigenvalue weighted by atomic mass is 10.2. The number of hydrogen-bond acceptors (Lipinski definition) is 6. The topological polar surface area (TPSA) is 80.7 Å². The largest absolute Gasteiger partial charge is 0.497 e. The Kier molecular flexibility index (Phi) is 4.09. The molecule has 6 nitrogen and oxygen atoms in total. The van der Waals surface area contributed by atoms with Crippen LogP contribution >= 0.6 is 11.3 Å². The highest BCUT2D eigenvalue weighted by Crippen LogP contribution is 2.33. The van der Waals surface area contributed by atoms with E-state index in [1.165, 1.54) is 11.3 Å². The summed E-state index contributed by atoms with van der Waals surface area (Å²) in [6, 6.07) is 5.30. The lowest BCUT2D eigenvalue weighted by Gasteiger charge is -2.10. The van der Waals surface area contributed by atoms with E-state index in [2.05, 4.69) is 10.3 Å². The first-order valence-electron chi connectivity index (χ1n) is 5.75. The van der Waals surface area contributed by atoms with Crippen LogP contribution in [0.2, 0.25) is 0 Å². The third-order valence-corrected chi connectivity index (χ3v) is 3.53. The molecule has 20 heavy (non-hydrogen) atoms. The van der Waals surface area contributed by atoms with Gasteiger partial charge in [0.05, 0.1) is 19.9 Å². The maximum absolute atomic E-state index is 11.0. The summed E-state index contributed by atoms with van der Waals surface area (Å²) in [5.41, 5.74) is 0.719. The Hall–Kier alpha value is -2.28. The van der Waals surface area contributed by atoms with E-state index in [-0.39, 0.29) is 5.69 Å². The molecule has 2 aromatic rings. The van der Waals surface area contributed by atoms with Crippen LogP contribution in [0.1, 0.15) is 15.4 Å². The number of nitrogens with one attached hydrogen (secondary N) is 1. The molecule has 0 aliphatic rings. The number of methoxy groups -OCH3 is 2. The predicted octanol–water partition coefficient (Wildman–Crippen LogP) is 2.91. The van der Waals surface area contributed by atoms with Crippen molar-refractivity contribution in [1.82, 2.24) is 4.98 Å². The summed E-state index contributed by atoms with van der Waals surface area (Å²) >= 11 is 1.27. The van der Waals surface area contributed by atoms with Gasteiger partial charge in [0.2, 0.25) is 0 Å². The second-order valence-corrected chi connectivity index (χ2v) is 5.12. The summed E-state index contributed by atoms with van der Waals surface area (Å²) < 4.78 is 10.4. The highest BCUT2D eigenvalue weighted by molar-refractivity contribution is 7.15. The molecule has 0 aliphatic carbocycles. The van der Waals surface area contributed by atoms with Crippen molar-refractivity contribution in [1.29, 1.82) is 0 Å². The number of rotatable bonds is 5. The number of hydrogen-bond donors (Lipinski definition) is 2. The third-order valence-electron chi connectivity index (χ3n) is 2.65. The Morgan fingerprint density at radius 2 is 2.10 bits per heavy atom. The first-order chi connectivity index (χ1) is 9.55. The summed E-state index contributed by atoms with van der Waals surface area (Å²) in [4.78, 5) is 15.7. The van der Waals surface area contributed by atoms with E-state index in [4.69, 9.17) is 14.6 Å². The lowest BCUT2D eigenvalue weighted by Crippen LogP contribution is -1.99. The first-order valence-corrected chi connectivity index (χ1v) is 6.56. The molecule has 2 N–H and O–H groups in total. The Balaban J connectivity index is 2.33. The van der Waals surface area contributed by atoms with Gasteiger partial charge < -0.3 is 19.9 Å². The number of benzene rings is 1. The monoisotopic (exact) mass is 294 g/mol. The number of carbonyl (C=O) groups is 1. The van der Waals surface area contributed by atoms with Crippen LogP contribution in [0.3, 0.4) is 0 Å². The third kappa shape index (κ3) is 2.83. The van der Waals surface area contributed by atoms with E-state index >= 15 is 0 Å². The van der Waals surface area contributed by atoms with E-state index < -0.39 is 5.97 Å². The summed E-state index contributed by atoms with van der Waals surface area (Å²) in [5.74, 6) is 0.250. The second-order valence-electron chi connectivity index (χ2n) is 3.92. The lowest BCUT2D eigenvalue weighted by molar-refractivity contribution is 0.0690. The van der Waals surface area contributed by atoms with Crippen LogP contribution in [0.15, 0.2) is 18.2 Å². The molecule has 0 amide bonds. The zero-order chi connectivity index (χ0) is 14.7. The smallest absolute Gasteiger partial charge is 0.355 e.